The fourth-order valence-corrected chi connectivity index (χ4v) is 2.31. The molecule has 0 aliphatic carbocycles. The Morgan fingerprint density at radius 2 is 2.27 bits per heavy atom. The molecular formula is C5H6Br2N4. The van der Waals surface area contributed by atoms with Crippen molar-refractivity contribution in [2.75, 3.05) is 0 Å². The van der Waals surface area contributed by atoms with Gasteiger partial charge in [0.1, 0.15) is 3.23 Å². The van der Waals surface area contributed by atoms with Crippen LogP contribution in [0.4, 0.5) is 0 Å². The summed E-state index contributed by atoms with van der Waals surface area (Å²) in [6.07, 6.45) is 2.11. The highest BCUT2D eigenvalue weighted by Gasteiger charge is 2.34. The molecule has 2 rings (SSSR count). The van der Waals surface area contributed by atoms with Gasteiger partial charge in [0.25, 0.3) is 0 Å². The van der Waals surface area contributed by atoms with Crippen LogP contribution in [0.1, 0.15) is 18.7 Å². The Labute approximate surface area is 80.6 Å². The van der Waals surface area contributed by atoms with Gasteiger partial charge in [-0.2, -0.15) is 0 Å². The van der Waals surface area contributed by atoms with Crippen molar-refractivity contribution in [3.8, 4) is 0 Å². The van der Waals surface area contributed by atoms with Crippen LogP contribution in [0.2, 0.25) is 0 Å². The van der Waals surface area contributed by atoms with Gasteiger partial charge in [-0.1, -0.05) is 31.9 Å². The van der Waals surface area contributed by atoms with E-state index in [1.165, 1.54) is 0 Å². The second-order valence-corrected chi connectivity index (χ2v) is 6.31. The van der Waals surface area contributed by atoms with Crippen molar-refractivity contribution < 1.29 is 0 Å². The zero-order valence-electron chi connectivity index (χ0n) is 5.67. The Morgan fingerprint density at radius 3 is 3.00 bits per heavy atom. The van der Waals surface area contributed by atoms with Crippen LogP contribution < -0.4 is 0 Å². The molecule has 2 heterocycles. The van der Waals surface area contributed by atoms with Crippen molar-refractivity contribution in [2.45, 2.75) is 22.6 Å². The maximum atomic E-state index is 3.92. The molecule has 0 unspecified atom stereocenters. The quantitative estimate of drug-likeness (QED) is 0.676. The molecule has 11 heavy (non-hydrogen) atoms. The lowest BCUT2D eigenvalue weighted by Gasteiger charge is -2.23. The summed E-state index contributed by atoms with van der Waals surface area (Å²) in [7, 11) is 0. The number of aryl methyl sites for hydroxylation is 1. The van der Waals surface area contributed by atoms with Crippen molar-refractivity contribution in [1.29, 1.82) is 0 Å². The molecule has 0 saturated heterocycles. The number of fused-ring (bicyclic) bond motifs is 1. The molecule has 0 spiro atoms. The maximum Gasteiger partial charge on any atom is 0.178 e. The summed E-state index contributed by atoms with van der Waals surface area (Å²) < 4.78 is 1.61. The Balaban J connectivity index is 2.48. The van der Waals surface area contributed by atoms with Crippen molar-refractivity contribution in [2.24, 2.45) is 0 Å². The van der Waals surface area contributed by atoms with Gasteiger partial charge in [-0.05, 0) is 23.3 Å². The van der Waals surface area contributed by atoms with Crippen molar-refractivity contribution in [3.05, 3.63) is 5.82 Å². The van der Waals surface area contributed by atoms with Crippen LogP contribution in [0.15, 0.2) is 0 Å². The normalized spacial score (nSPS) is 21.3. The highest BCUT2D eigenvalue weighted by atomic mass is 79.9. The Kier molecular flexibility index (Phi) is 1.75. The van der Waals surface area contributed by atoms with E-state index in [-0.39, 0.29) is 3.23 Å². The molecule has 4 nitrogen and oxygen atoms in total. The van der Waals surface area contributed by atoms with Gasteiger partial charge >= 0.3 is 0 Å². The minimum absolute atomic E-state index is 0.207. The molecule has 1 aromatic rings. The Morgan fingerprint density at radius 1 is 1.45 bits per heavy atom. The first-order valence-corrected chi connectivity index (χ1v) is 4.93. The average Bonchev–Trinajstić information content (AvgIpc) is 2.34. The summed E-state index contributed by atoms with van der Waals surface area (Å²) in [4.78, 5) is 0. The molecule has 1 aliphatic heterocycles. The molecule has 0 aromatic carbocycles. The predicted octanol–water partition coefficient (Wildman–Crippen LogP) is 1.41. The van der Waals surface area contributed by atoms with Gasteiger partial charge in [-0.25, -0.2) is 4.68 Å². The highest BCUT2D eigenvalue weighted by Crippen LogP contribution is 2.43. The minimum atomic E-state index is -0.207. The smallest absolute Gasteiger partial charge is 0.178 e. The van der Waals surface area contributed by atoms with Crippen molar-refractivity contribution in [3.63, 3.8) is 0 Å². The summed E-state index contributed by atoms with van der Waals surface area (Å²) in [5.74, 6) is 0.865. The van der Waals surface area contributed by atoms with Crippen LogP contribution in [0.25, 0.3) is 0 Å². The fourth-order valence-electron chi connectivity index (χ4n) is 1.18. The molecular weight excluding hydrogens is 276 g/mol. The maximum absolute atomic E-state index is 3.92. The molecule has 0 N–H and O–H groups in total. The van der Waals surface area contributed by atoms with E-state index in [0.29, 0.717) is 0 Å². The van der Waals surface area contributed by atoms with Gasteiger partial charge in [-0.3, -0.25) is 0 Å². The van der Waals surface area contributed by atoms with Gasteiger partial charge in [0, 0.05) is 6.54 Å². The number of rotatable bonds is 0. The predicted molar refractivity (Wildman–Crippen MR) is 46.6 cm³/mol. The van der Waals surface area contributed by atoms with E-state index in [0.717, 1.165) is 25.2 Å². The minimum Gasteiger partial charge on any atom is -0.227 e. The van der Waals surface area contributed by atoms with E-state index in [1.807, 2.05) is 4.68 Å². The SMILES string of the molecule is BrC1(Br)CCCn2nnnc21. The lowest BCUT2D eigenvalue weighted by Crippen LogP contribution is -2.23. The Hall–Kier alpha value is 0.0300. The number of halogens is 2. The first-order chi connectivity index (χ1) is 5.20. The van der Waals surface area contributed by atoms with Crippen LogP contribution in [0.3, 0.4) is 0 Å². The van der Waals surface area contributed by atoms with Gasteiger partial charge in [0.05, 0.1) is 0 Å². The second kappa shape index (κ2) is 2.52. The standard InChI is InChI=1S/C5H6Br2N4/c6-5(7)2-1-3-11-4(5)8-9-10-11/h1-3H2. The third kappa shape index (κ3) is 1.22. The Bertz CT molecular complexity index is 269. The number of hydrogen-bond donors (Lipinski definition) is 0. The third-order valence-corrected chi connectivity index (χ3v) is 3.22. The van der Waals surface area contributed by atoms with Gasteiger partial charge in [-0.15, -0.1) is 5.10 Å². The summed E-state index contributed by atoms with van der Waals surface area (Å²) >= 11 is 7.05. The zero-order valence-corrected chi connectivity index (χ0v) is 8.84. The lowest BCUT2D eigenvalue weighted by atomic mass is 10.2. The van der Waals surface area contributed by atoms with E-state index in [1.54, 1.807) is 0 Å². The van der Waals surface area contributed by atoms with E-state index in [2.05, 4.69) is 47.4 Å². The molecule has 6 heteroatoms. The monoisotopic (exact) mass is 280 g/mol. The molecule has 1 aliphatic rings. The average molecular weight is 282 g/mol. The topological polar surface area (TPSA) is 43.6 Å². The largest absolute Gasteiger partial charge is 0.227 e. The molecule has 0 fully saturated rings. The molecule has 0 atom stereocenters. The molecule has 1 aromatic heterocycles. The number of tetrazole rings is 1. The van der Waals surface area contributed by atoms with Crippen LogP contribution in [-0.4, -0.2) is 20.2 Å². The van der Waals surface area contributed by atoms with E-state index >= 15 is 0 Å². The molecule has 0 saturated carbocycles. The highest BCUT2D eigenvalue weighted by molar-refractivity contribution is 9.24. The molecule has 60 valence electrons. The van der Waals surface area contributed by atoms with E-state index in [4.69, 9.17) is 0 Å². The molecule has 0 bridgehead atoms. The number of hydrogen-bond acceptors (Lipinski definition) is 3. The first kappa shape index (κ1) is 7.67. The van der Waals surface area contributed by atoms with Crippen LogP contribution in [-0.2, 0) is 9.78 Å². The van der Waals surface area contributed by atoms with E-state index in [9.17, 15) is 0 Å². The molecule has 0 amide bonds. The van der Waals surface area contributed by atoms with Crippen LogP contribution in [0.5, 0.6) is 0 Å². The summed E-state index contributed by atoms with van der Waals surface area (Å²) in [6.45, 7) is 0.918. The second-order valence-electron chi connectivity index (χ2n) is 2.53. The molecule has 0 radical (unpaired) electrons. The zero-order chi connectivity index (χ0) is 7.90. The van der Waals surface area contributed by atoms with Crippen molar-refractivity contribution >= 4 is 31.9 Å². The fraction of sp³-hybridized carbons (Fsp3) is 0.800. The van der Waals surface area contributed by atoms with Crippen LogP contribution in [0, 0.1) is 0 Å². The summed E-state index contributed by atoms with van der Waals surface area (Å²) in [5, 5.41) is 11.4. The number of nitrogens with zero attached hydrogens (tertiary/aromatic N) is 4. The lowest BCUT2D eigenvalue weighted by molar-refractivity contribution is 0.460. The number of alkyl halides is 2. The van der Waals surface area contributed by atoms with Gasteiger partial charge in [0.2, 0.25) is 0 Å². The van der Waals surface area contributed by atoms with Crippen LogP contribution >= 0.6 is 31.9 Å². The van der Waals surface area contributed by atoms with Gasteiger partial charge < -0.3 is 0 Å². The third-order valence-electron chi connectivity index (χ3n) is 1.72. The summed E-state index contributed by atoms with van der Waals surface area (Å²) in [5.41, 5.74) is 0. The van der Waals surface area contributed by atoms with Crippen molar-refractivity contribution in [1.82, 2.24) is 20.2 Å². The van der Waals surface area contributed by atoms with Gasteiger partial charge in [0.15, 0.2) is 5.82 Å². The first-order valence-electron chi connectivity index (χ1n) is 3.34. The van der Waals surface area contributed by atoms with E-state index < -0.39 is 0 Å². The number of aromatic nitrogens is 4. The summed E-state index contributed by atoms with van der Waals surface area (Å²) in [6, 6.07) is 0.